The first-order valence-electron chi connectivity index (χ1n) is 11.7. The van der Waals surface area contributed by atoms with Crippen molar-refractivity contribution >= 4 is 30.2 Å². The Hall–Kier alpha value is -3.56. The Morgan fingerprint density at radius 3 is 2.33 bits per heavy atom. The molecule has 0 saturated heterocycles. The maximum absolute atomic E-state index is 13.0. The summed E-state index contributed by atoms with van der Waals surface area (Å²) < 4.78 is 10.9. The fourth-order valence-corrected chi connectivity index (χ4v) is 3.56. The van der Waals surface area contributed by atoms with Crippen molar-refractivity contribution in [2.75, 3.05) is 24.7 Å². The number of ether oxygens (including phenoxy) is 2. The molecule has 0 aliphatic heterocycles. The Morgan fingerprint density at radius 1 is 1.03 bits per heavy atom. The average molecular weight is 509 g/mol. The number of carbonyl (C=O) groups is 2. The first-order chi connectivity index (χ1) is 17.4. The molecule has 0 spiro atoms. The van der Waals surface area contributed by atoms with Crippen molar-refractivity contribution in [3.05, 3.63) is 78.4 Å². The van der Waals surface area contributed by atoms with Crippen LogP contribution in [0.4, 0.5) is 5.69 Å². The zero-order valence-electron chi connectivity index (χ0n) is 20.4. The van der Waals surface area contributed by atoms with Crippen molar-refractivity contribution < 1.29 is 19.1 Å². The summed E-state index contributed by atoms with van der Waals surface area (Å²) in [5.74, 6) is -0.241. The van der Waals surface area contributed by atoms with Gasteiger partial charge in [-0.05, 0) is 24.6 Å². The van der Waals surface area contributed by atoms with Crippen molar-refractivity contribution in [1.29, 1.82) is 0 Å². The fourth-order valence-electron chi connectivity index (χ4n) is 3.44. The Labute approximate surface area is 217 Å². The number of hydrogen-bond donors (Lipinski definition) is 4. The zero-order valence-corrected chi connectivity index (χ0v) is 21.3. The van der Waals surface area contributed by atoms with Gasteiger partial charge in [0.1, 0.15) is 6.04 Å². The molecule has 0 saturated carbocycles. The second-order valence-corrected chi connectivity index (χ2v) is 8.64. The van der Waals surface area contributed by atoms with Crippen LogP contribution in [0, 0.1) is 0 Å². The molecule has 2 aromatic carbocycles. The van der Waals surface area contributed by atoms with E-state index in [1.54, 1.807) is 6.92 Å². The molecule has 4 N–H and O–H groups in total. The summed E-state index contributed by atoms with van der Waals surface area (Å²) >= 11 is 4.22. The Morgan fingerprint density at radius 2 is 1.69 bits per heavy atom. The molecule has 1 aromatic heterocycles. The highest BCUT2D eigenvalue weighted by Gasteiger charge is 2.26. The molecule has 1 heterocycles. The van der Waals surface area contributed by atoms with Gasteiger partial charge in [-0.15, -0.1) is 0 Å². The van der Waals surface area contributed by atoms with Crippen LogP contribution >= 0.6 is 12.6 Å². The summed E-state index contributed by atoms with van der Waals surface area (Å²) in [6.45, 7) is 2.06. The number of amides is 1. The molecule has 2 unspecified atom stereocenters. The molecular weight excluding hydrogens is 476 g/mol. The minimum absolute atomic E-state index is 0.172. The van der Waals surface area contributed by atoms with Crippen LogP contribution in [0.15, 0.2) is 72.8 Å². The smallest absolute Gasteiger partial charge is 0.328 e. The predicted octanol–water partition coefficient (Wildman–Crippen LogP) is 3.09. The maximum Gasteiger partial charge on any atom is 0.328 e. The van der Waals surface area contributed by atoms with Gasteiger partial charge in [0.05, 0.1) is 18.5 Å². The lowest BCUT2D eigenvalue weighted by atomic mass is 10.1. The number of nitrogens with zero attached hydrogens (tertiary/aromatic N) is 1. The zero-order chi connectivity index (χ0) is 25.9. The molecule has 0 bridgehead atoms. The molecule has 0 fully saturated rings. The summed E-state index contributed by atoms with van der Waals surface area (Å²) in [6, 6.07) is 21.7. The molecule has 8 nitrogen and oxygen atoms in total. The first kappa shape index (κ1) is 27.0. The number of esters is 1. The van der Waals surface area contributed by atoms with E-state index in [2.05, 4.69) is 28.2 Å². The largest absolute Gasteiger partial charge is 0.467 e. The molecule has 36 heavy (non-hydrogen) atoms. The van der Waals surface area contributed by atoms with Gasteiger partial charge in [0.25, 0.3) is 5.91 Å². The van der Waals surface area contributed by atoms with Gasteiger partial charge >= 0.3 is 5.97 Å². The predicted molar refractivity (Wildman–Crippen MR) is 144 cm³/mol. The number of hydrogen-bond acceptors (Lipinski definition) is 8. The summed E-state index contributed by atoms with van der Waals surface area (Å²) in [7, 11) is 1.29. The Balaban J connectivity index is 1.78. The maximum atomic E-state index is 13.0. The fraction of sp³-hybridized carbons (Fsp3) is 0.296. The van der Waals surface area contributed by atoms with E-state index in [1.165, 1.54) is 7.11 Å². The highest BCUT2D eigenvalue weighted by atomic mass is 32.1. The third kappa shape index (κ3) is 7.73. The van der Waals surface area contributed by atoms with Crippen LogP contribution in [-0.4, -0.2) is 54.5 Å². The molecule has 9 heteroatoms. The van der Waals surface area contributed by atoms with E-state index < -0.39 is 24.0 Å². The molecule has 0 aliphatic rings. The molecular formula is C27H32N4O4S. The van der Waals surface area contributed by atoms with Gasteiger partial charge in [-0.1, -0.05) is 60.7 Å². The van der Waals surface area contributed by atoms with Gasteiger partial charge in [0.2, 0.25) is 5.88 Å². The summed E-state index contributed by atoms with van der Waals surface area (Å²) in [6.07, 6.45) is -0.646. The van der Waals surface area contributed by atoms with E-state index in [9.17, 15) is 9.59 Å². The van der Waals surface area contributed by atoms with Gasteiger partial charge in [-0.25, -0.2) is 9.78 Å². The third-order valence-electron chi connectivity index (χ3n) is 5.46. The van der Waals surface area contributed by atoms with Crippen LogP contribution in [0.2, 0.25) is 0 Å². The highest BCUT2D eigenvalue weighted by molar-refractivity contribution is 7.80. The Kier molecular flexibility index (Phi) is 10.1. The van der Waals surface area contributed by atoms with Gasteiger partial charge in [-0.3, -0.25) is 4.79 Å². The number of thiol groups is 1. The third-order valence-corrected chi connectivity index (χ3v) is 5.93. The molecule has 190 valence electrons. The number of aromatic nitrogens is 1. The van der Waals surface area contributed by atoms with Gasteiger partial charge in [0.15, 0.2) is 6.10 Å². The quantitative estimate of drug-likeness (QED) is 0.220. The van der Waals surface area contributed by atoms with Gasteiger partial charge in [0, 0.05) is 30.3 Å². The summed E-state index contributed by atoms with van der Waals surface area (Å²) in [5, 5.41) is 5.97. The molecule has 0 radical (unpaired) electrons. The number of pyridine rings is 1. The van der Waals surface area contributed by atoms with Crippen molar-refractivity contribution in [3.8, 4) is 17.1 Å². The second kappa shape index (κ2) is 13.5. The number of nitrogens with one attached hydrogen (secondary N) is 2. The average Bonchev–Trinajstić information content (AvgIpc) is 2.92. The molecule has 3 aromatic rings. The highest BCUT2D eigenvalue weighted by Crippen LogP contribution is 2.28. The normalized spacial score (nSPS) is 13.2. The Bertz CT molecular complexity index is 1130. The molecule has 1 amide bonds. The minimum atomic E-state index is -0.939. The molecule has 3 rings (SSSR count). The van der Waals surface area contributed by atoms with Crippen molar-refractivity contribution in [1.82, 2.24) is 10.3 Å². The number of methoxy groups -OCH3 is 1. The van der Waals surface area contributed by atoms with Gasteiger partial charge in [-0.2, -0.15) is 12.6 Å². The van der Waals surface area contributed by atoms with E-state index >= 15 is 0 Å². The van der Waals surface area contributed by atoms with Crippen LogP contribution in [0.1, 0.15) is 12.5 Å². The number of anilines is 1. The SMILES string of the molecule is COC(=O)C(Cc1ccccc1)NC(=O)[C@H](C)Oc1nc(-c2ccccc2)ccc1NCC(N)CS. The molecule has 3 atom stereocenters. The summed E-state index contributed by atoms with van der Waals surface area (Å²) in [5.41, 5.74) is 9.09. The standard InChI is InChI=1S/C27H32N4O4S/c1-18(25(32)30-24(27(33)34-2)15-19-9-5-3-6-10-19)35-26-23(29-16-21(28)17-36)14-13-22(31-26)20-11-7-4-8-12-20/h3-14,18,21,24,29,36H,15-17,28H2,1-2H3,(H,30,32)/t18-,21?,24?/m0/s1. The van der Waals surface area contributed by atoms with Crippen LogP contribution in [0.3, 0.4) is 0 Å². The monoisotopic (exact) mass is 508 g/mol. The van der Waals surface area contributed by atoms with Crippen LogP contribution in [0.25, 0.3) is 11.3 Å². The number of carbonyl (C=O) groups excluding carboxylic acids is 2. The van der Waals surface area contributed by atoms with Crippen LogP contribution < -0.4 is 21.1 Å². The van der Waals surface area contributed by atoms with Crippen LogP contribution in [-0.2, 0) is 20.7 Å². The lowest BCUT2D eigenvalue weighted by Gasteiger charge is -2.21. The van der Waals surface area contributed by atoms with Gasteiger partial charge < -0.3 is 25.8 Å². The van der Waals surface area contributed by atoms with Crippen molar-refractivity contribution in [3.63, 3.8) is 0 Å². The second-order valence-electron chi connectivity index (χ2n) is 8.27. The van der Waals surface area contributed by atoms with Crippen LogP contribution in [0.5, 0.6) is 5.88 Å². The van der Waals surface area contributed by atoms with E-state index in [0.717, 1.165) is 11.1 Å². The van der Waals surface area contributed by atoms with E-state index in [-0.39, 0.29) is 11.9 Å². The van der Waals surface area contributed by atoms with E-state index in [4.69, 9.17) is 15.2 Å². The minimum Gasteiger partial charge on any atom is -0.467 e. The topological polar surface area (TPSA) is 116 Å². The number of benzene rings is 2. The lowest BCUT2D eigenvalue weighted by Crippen LogP contribution is -2.47. The number of nitrogens with two attached hydrogens (primary N) is 1. The lowest BCUT2D eigenvalue weighted by molar-refractivity contribution is -0.145. The summed E-state index contributed by atoms with van der Waals surface area (Å²) in [4.78, 5) is 30.0. The van der Waals surface area contributed by atoms with E-state index in [0.29, 0.717) is 30.1 Å². The van der Waals surface area contributed by atoms with Crippen molar-refractivity contribution in [2.45, 2.75) is 31.5 Å². The van der Waals surface area contributed by atoms with E-state index in [1.807, 2.05) is 72.8 Å². The van der Waals surface area contributed by atoms with Crippen molar-refractivity contribution in [2.24, 2.45) is 5.73 Å². The molecule has 0 aliphatic carbocycles. The first-order valence-corrected chi connectivity index (χ1v) is 12.3. The number of rotatable bonds is 12.